The summed E-state index contributed by atoms with van der Waals surface area (Å²) in [5, 5.41) is 17.7. The van der Waals surface area contributed by atoms with Gasteiger partial charge in [-0.3, -0.25) is 10.2 Å². The Kier molecular flexibility index (Phi) is 8.91. The van der Waals surface area contributed by atoms with Gasteiger partial charge in [-0.1, -0.05) is 0 Å². The van der Waals surface area contributed by atoms with E-state index in [0.717, 1.165) is 0 Å². The first-order valence-electron chi connectivity index (χ1n) is 3.60. The zero-order valence-electron chi connectivity index (χ0n) is 7.29. The van der Waals surface area contributed by atoms with Crippen molar-refractivity contribution in [2.75, 3.05) is 6.54 Å². The van der Waals surface area contributed by atoms with Crippen molar-refractivity contribution in [3.63, 3.8) is 0 Å². The van der Waals surface area contributed by atoms with Crippen LogP contribution in [0, 0.1) is 5.41 Å². The summed E-state index contributed by atoms with van der Waals surface area (Å²) in [6, 6.07) is -0.821. The first-order chi connectivity index (χ1) is 5.54. The number of carbonyl (C=O) groups is 1. The lowest BCUT2D eigenvalue weighted by Gasteiger charge is -2.06. The molecule has 0 unspecified atom stereocenters. The van der Waals surface area contributed by atoms with E-state index in [9.17, 15) is 4.79 Å². The van der Waals surface area contributed by atoms with Crippen LogP contribution in [0.1, 0.15) is 12.8 Å². The van der Waals surface area contributed by atoms with Crippen LogP contribution in [-0.4, -0.2) is 47.0 Å². The maximum atomic E-state index is 10.2. The van der Waals surface area contributed by atoms with Crippen molar-refractivity contribution < 1.29 is 9.90 Å². The van der Waals surface area contributed by atoms with Crippen molar-refractivity contribution in [2.45, 2.75) is 18.9 Å². The summed E-state index contributed by atoms with van der Waals surface area (Å²) < 4.78 is 0. The Balaban J connectivity index is 0. The largest absolute Gasteiger partial charge is 0.480 e. The van der Waals surface area contributed by atoms with E-state index in [1.54, 1.807) is 0 Å². The van der Waals surface area contributed by atoms with Gasteiger partial charge in [0.1, 0.15) is 6.04 Å². The average molecular weight is 201 g/mol. The van der Waals surface area contributed by atoms with Crippen molar-refractivity contribution in [3.8, 4) is 0 Å². The minimum atomic E-state index is -1.00. The summed E-state index contributed by atoms with van der Waals surface area (Å²) in [4.78, 5) is 10.2. The summed E-state index contributed by atoms with van der Waals surface area (Å²) in [6.45, 7) is 0.482. The Morgan fingerprint density at radius 2 is 2.15 bits per heavy atom. The molecule has 3 radical (unpaired) electrons. The van der Waals surface area contributed by atoms with E-state index in [2.05, 4.69) is 5.32 Å². The third kappa shape index (κ3) is 9.14. The van der Waals surface area contributed by atoms with Crippen LogP contribution in [0.3, 0.4) is 0 Å². The molecule has 0 rings (SSSR count). The maximum absolute atomic E-state index is 10.2. The molecule has 0 spiro atoms. The number of hydrogen-bond donors (Lipinski definition) is 5. The highest BCUT2D eigenvalue weighted by Gasteiger charge is 2.09. The molecule has 0 heterocycles. The van der Waals surface area contributed by atoms with Crippen molar-refractivity contribution in [1.29, 1.82) is 5.41 Å². The van der Waals surface area contributed by atoms with Crippen LogP contribution in [0.2, 0.25) is 0 Å². The molecule has 0 aliphatic rings. The first kappa shape index (κ1) is 14.7. The Morgan fingerprint density at radius 1 is 1.62 bits per heavy atom. The molecule has 6 nitrogen and oxygen atoms in total. The lowest BCUT2D eigenvalue weighted by molar-refractivity contribution is -0.138. The molecule has 0 saturated heterocycles. The second-order valence-corrected chi connectivity index (χ2v) is 2.43. The van der Waals surface area contributed by atoms with Gasteiger partial charge < -0.3 is 21.9 Å². The van der Waals surface area contributed by atoms with Crippen LogP contribution >= 0.6 is 0 Å². The summed E-state index contributed by atoms with van der Waals surface area (Å²) in [5.41, 5.74) is 10.2. The van der Waals surface area contributed by atoms with Crippen molar-refractivity contribution in [2.24, 2.45) is 11.5 Å². The summed E-state index contributed by atoms with van der Waals surface area (Å²) in [6.07, 6.45) is 0.975. The SMILES string of the molecule is N=C(N)NCCC[C@H](N)C(=O)O.[Al]. The molecule has 0 aromatic carbocycles. The predicted molar refractivity (Wildman–Crippen MR) is 50.5 cm³/mol. The molecule has 7 N–H and O–H groups in total. The molecule has 0 saturated carbocycles. The summed E-state index contributed by atoms with van der Waals surface area (Å²) in [5.74, 6) is -1.11. The van der Waals surface area contributed by atoms with E-state index in [1.807, 2.05) is 0 Å². The molecular weight excluding hydrogens is 187 g/mol. The molecule has 1 atom stereocenters. The number of rotatable bonds is 5. The molecule has 0 amide bonds. The van der Waals surface area contributed by atoms with Gasteiger partial charge in [0.15, 0.2) is 5.96 Å². The lowest BCUT2D eigenvalue weighted by Crippen LogP contribution is -2.34. The number of carboxylic acid groups (broad SMARTS) is 1. The van der Waals surface area contributed by atoms with E-state index in [0.29, 0.717) is 19.4 Å². The highest BCUT2D eigenvalue weighted by Crippen LogP contribution is 1.92. The van der Waals surface area contributed by atoms with Gasteiger partial charge in [-0.05, 0) is 12.8 Å². The number of carboxylic acids is 1. The molecule has 7 heteroatoms. The number of guanidine groups is 1. The van der Waals surface area contributed by atoms with Gasteiger partial charge in [-0.25, -0.2) is 0 Å². The summed E-state index contributed by atoms with van der Waals surface area (Å²) >= 11 is 0. The van der Waals surface area contributed by atoms with E-state index in [4.69, 9.17) is 22.0 Å². The minimum Gasteiger partial charge on any atom is -0.480 e. The smallest absolute Gasteiger partial charge is 0.320 e. The monoisotopic (exact) mass is 201 g/mol. The van der Waals surface area contributed by atoms with Gasteiger partial charge in [0.05, 0.1) is 0 Å². The van der Waals surface area contributed by atoms with E-state index in [-0.39, 0.29) is 23.3 Å². The van der Waals surface area contributed by atoms with Gasteiger partial charge in [0, 0.05) is 23.9 Å². The van der Waals surface area contributed by atoms with Crippen LogP contribution in [0.4, 0.5) is 0 Å². The van der Waals surface area contributed by atoms with Gasteiger partial charge >= 0.3 is 5.97 Å². The number of aliphatic carboxylic acids is 1. The molecule has 73 valence electrons. The van der Waals surface area contributed by atoms with Gasteiger partial charge in [-0.2, -0.15) is 0 Å². The van der Waals surface area contributed by atoms with Crippen LogP contribution in [0.5, 0.6) is 0 Å². The minimum absolute atomic E-state index is 0. The molecular formula is C6H14AlN4O2. The Bertz CT molecular complexity index is 176. The van der Waals surface area contributed by atoms with E-state index < -0.39 is 12.0 Å². The number of nitrogens with two attached hydrogens (primary N) is 2. The standard InChI is InChI=1S/C6H14N4O2.Al/c7-4(5(11)12)2-1-3-10-6(8)9;/h4H,1-3,7H2,(H,11,12)(H4,8,9,10);/t4-;/m0./s1. The fourth-order valence-electron chi connectivity index (χ4n) is 0.669. The van der Waals surface area contributed by atoms with Gasteiger partial charge in [0.25, 0.3) is 0 Å². The van der Waals surface area contributed by atoms with E-state index >= 15 is 0 Å². The fourth-order valence-corrected chi connectivity index (χ4v) is 0.669. The molecule has 0 bridgehead atoms. The molecule has 0 aliphatic carbocycles. The van der Waals surface area contributed by atoms with Crippen LogP contribution in [0.15, 0.2) is 0 Å². The predicted octanol–water partition coefficient (Wildman–Crippen LogP) is -1.72. The number of hydrogen-bond acceptors (Lipinski definition) is 3. The molecule has 0 aromatic heterocycles. The zero-order chi connectivity index (χ0) is 9.56. The Morgan fingerprint density at radius 3 is 2.54 bits per heavy atom. The lowest BCUT2D eigenvalue weighted by atomic mass is 10.2. The highest BCUT2D eigenvalue weighted by atomic mass is 27.0. The molecule has 0 aromatic rings. The molecule has 0 fully saturated rings. The topological polar surface area (TPSA) is 125 Å². The van der Waals surface area contributed by atoms with Crippen LogP contribution in [-0.2, 0) is 4.79 Å². The third-order valence-corrected chi connectivity index (χ3v) is 1.32. The Hall–Kier alpha value is -0.768. The average Bonchev–Trinajstić information content (AvgIpc) is 1.97. The Labute approximate surface area is 87.3 Å². The number of nitrogens with one attached hydrogen (secondary N) is 2. The van der Waals surface area contributed by atoms with Crippen LogP contribution in [0.25, 0.3) is 0 Å². The van der Waals surface area contributed by atoms with E-state index in [1.165, 1.54) is 0 Å². The summed E-state index contributed by atoms with van der Waals surface area (Å²) in [7, 11) is 0. The quantitative estimate of drug-likeness (QED) is 0.156. The second kappa shape index (κ2) is 7.86. The van der Waals surface area contributed by atoms with Crippen molar-refractivity contribution >= 4 is 29.3 Å². The van der Waals surface area contributed by atoms with Crippen molar-refractivity contribution in [3.05, 3.63) is 0 Å². The van der Waals surface area contributed by atoms with Crippen LogP contribution < -0.4 is 16.8 Å². The first-order valence-corrected chi connectivity index (χ1v) is 3.60. The molecule has 13 heavy (non-hydrogen) atoms. The normalized spacial score (nSPS) is 11.2. The molecule has 0 aliphatic heterocycles. The fraction of sp³-hybridized carbons (Fsp3) is 0.667. The second-order valence-electron chi connectivity index (χ2n) is 2.43. The van der Waals surface area contributed by atoms with Gasteiger partial charge in [0.2, 0.25) is 0 Å². The maximum Gasteiger partial charge on any atom is 0.320 e. The van der Waals surface area contributed by atoms with Crippen molar-refractivity contribution in [1.82, 2.24) is 5.32 Å². The highest BCUT2D eigenvalue weighted by molar-refractivity contribution is 5.75. The van der Waals surface area contributed by atoms with Gasteiger partial charge in [-0.15, -0.1) is 0 Å². The third-order valence-electron chi connectivity index (χ3n) is 1.32. The zero-order valence-corrected chi connectivity index (χ0v) is 8.44.